The van der Waals surface area contributed by atoms with Crippen LogP contribution in [0.2, 0.25) is 0 Å². The van der Waals surface area contributed by atoms with Crippen LogP contribution in [0.4, 0.5) is 0 Å². The highest BCUT2D eigenvalue weighted by atomic mass is 16.4. The van der Waals surface area contributed by atoms with Crippen molar-refractivity contribution in [3.8, 4) is 0 Å². The van der Waals surface area contributed by atoms with Crippen molar-refractivity contribution in [3.05, 3.63) is 48.0 Å². The first-order chi connectivity index (χ1) is 10.6. The third-order valence-electron chi connectivity index (χ3n) is 4.80. The maximum atomic E-state index is 11.3. The zero-order valence-electron chi connectivity index (χ0n) is 12.6. The number of fused-ring (bicyclic) bond motifs is 3. The van der Waals surface area contributed by atoms with Gasteiger partial charge in [0, 0.05) is 28.4 Å². The Labute approximate surface area is 129 Å². The standard InChI is InChI=1S/C19H19NO2/c1-12(19(21)22)14-8-9-18-16(10-14)15-4-2-3-5-17(15)20(18)11-13-6-7-13/h2-5,8-10,12-13H,6-7,11H2,1H3,(H,21,22). The van der Waals surface area contributed by atoms with Gasteiger partial charge in [-0.15, -0.1) is 0 Å². The summed E-state index contributed by atoms with van der Waals surface area (Å²) in [4.78, 5) is 11.3. The predicted octanol–water partition coefficient (Wildman–Crippen LogP) is 4.39. The lowest BCUT2D eigenvalue weighted by Crippen LogP contribution is -2.07. The molecular formula is C19H19NO2. The van der Waals surface area contributed by atoms with Crippen LogP contribution in [-0.4, -0.2) is 15.6 Å². The van der Waals surface area contributed by atoms with Gasteiger partial charge in [0.25, 0.3) is 0 Å². The van der Waals surface area contributed by atoms with Gasteiger partial charge in [-0.05, 0) is 49.4 Å². The van der Waals surface area contributed by atoms with E-state index in [1.165, 1.54) is 34.6 Å². The zero-order chi connectivity index (χ0) is 15.3. The number of carboxylic acid groups (broad SMARTS) is 1. The SMILES string of the molecule is CC(C(=O)O)c1ccc2c(c1)c1ccccc1n2CC1CC1. The molecule has 2 aromatic carbocycles. The molecule has 3 nitrogen and oxygen atoms in total. The van der Waals surface area contributed by atoms with Crippen molar-refractivity contribution in [2.75, 3.05) is 0 Å². The Kier molecular flexibility index (Phi) is 2.96. The molecule has 1 heterocycles. The molecule has 1 aromatic heterocycles. The van der Waals surface area contributed by atoms with Crippen molar-refractivity contribution in [2.45, 2.75) is 32.2 Å². The van der Waals surface area contributed by atoms with E-state index in [0.29, 0.717) is 0 Å². The van der Waals surface area contributed by atoms with Crippen molar-refractivity contribution < 1.29 is 9.90 Å². The Morgan fingerprint density at radius 3 is 2.64 bits per heavy atom. The van der Waals surface area contributed by atoms with Crippen LogP contribution in [0.1, 0.15) is 31.2 Å². The number of benzene rings is 2. The Hall–Kier alpha value is -2.29. The van der Waals surface area contributed by atoms with E-state index in [-0.39, 0.29) is 0 Å². The summed E-state index contributed by atoms with van der Waals surface area (Å²) in [5.74, 6) is -0.451. The van der Waals surface area contributed by atoms with Gasteiger partial charge in [0.05, 0.1) is 5.92 Å². The lowest BCUT2D eigenvalue weighted by Gasteiger charge is -2.08. The van der Waals surface area contributed by atoms with Crippen molar-refractivity contribution in [1.29, 1.82) is 0 Å². The molecular weight excluding hydrogens is 274 g/mol. The van der Waals surface area contributed by atoms with Gasteiger partial charge in [0.1, 0.15) is 0 Å². The summed E-state index contributed by atoms with van der Waals surface area (Å²) in [6, 6.07) is 14.5. The third kappa shape index (κ3) is 2.08. The van der Waals surface area contributed by atoms with Gasteiger partial charge in [0.2, 0.25) is 0 Å². The Morgan fingerprint density at radius 1 is 1.18 bits per heavy atom. The highest BCUT2D eigenvalue weighted by Gasteiger charge is 2.24. The minimum absolute atomic E-state index is 0.477. The molecule has 1 atom stereocenters. The highest BCUT2D eigenvalue weighted by Crippen LogP contribution is 2.36. The normalized spacial score (nSPS) is 16.2. The summed E-state index contributed by atoms with van der Waals surface area (Å²) in [7, 11) is 0. The second-order valence-electron chi connectivity index (χ2n) is 6.41. The summed E-state index contributed by atoms with van der Waals surface area (Å²) < 4.78 is 2.40. The van der Waals surface area contributed by atoms with Gasteiger partial charge >= 0.3 is 5.97 Å². The average molecular weight is 293 g/mol. The van der Waals surface area contributed by atoms with E-state index in [1.807, 2.05) is 6.07 Å². The van der Waals surface area contributed by atoms with E-state index in [4.69, 9.17) is 0 Å². The number of nitrogens with zero attached hydrogens (tertiary/aromatic N) is 1. The molecule has 0 aliphatic heterocycles. The molecule has 112 valence electrons. The molecule has 1 unspecified atom stereocenters. The number of carbonyl (C=O) groups is 1. The molecule has 1 saturated carbocycles. The predicted molar refractivity (Wildman–Crippen MR) is 88.2 cm³/mol. The second kappa shape index (κ2) is 4.87. The van der Waals surface area contributed by atoms with Gasteiger partial charge in [-0.25, -0.2) is 0 Å². The fraction of sp³-hybridized carbons (Fsp3) is 0.316. The van der Waals surface area contributed by atoms with Crippen LogP contribution in [0.15, 0.2) is 42.5 Å². The first kappa shape index (κ1) is 13.4. The quantitative estimate of drug-likeness (QED) is 0.775. The van der Waals surface area contributed by atoms with Crippen LogP contribution < -0.4 is 0 Å². The number of para-hydroxylation sites is 1. The molecule has 22 heavy (non-hydrogen) atoms. The minimum Gasteiger partial charge on any atom is -0.481 e. The molecule has 1 fully saturated rings. The smallest absolute Gasteiger partial charge is 0.310 e. The largest absolute Gasteiger partial charge is 0.481 e. The van der Waals surface area contributed by atoms with Crippen molar-refractivity contribution >= 4 is 27.8 Å². The van der Waals surface area contributed by atoms with Crippen molar-refractivity contribution in [2.24, 2.45) is 5.92 Å². The van der Waals surface area contributed by atoms with E-state index in [1.54, 1.807) is 6.92 Å². The molecule has 1 N–H and O–H groups in total. The molecule has 0 amide bonds. The van der Waals surface area contributed by atoms with Crippen molar-refractivity contribution in [1.82, 2.24) is 4.57 Å². The minimum atomic E-state index is -0.777. The van der Waals surface area contributed by atoms with Crippen LogP contribution >= 0.6 is 0 Å². The lowest BCUT2D eigenvalue weighted by atomic mass is 9.99. The van der Waals surface area contributed by atoms with E-state index in [0.717, 1.165) is 18.0 Å². The number of hydrogen-bond acceptors (Lipinski definition) is 1. The van der Waals surface area contributed by atoms with Crippen molar-refractivity contribution in [3.63, 3.8) is 0 Å². The van der Waals surface area contributed by atoms with Gasteiger partial charge < -0.3 is 9.67 Å². The van der Waals surface area contributed by atoms with E-state index in [9.17, 15) is 9.90 Å². The van der Waals surface area contributed by atoms with E-state index < -0.39 is 11.9 Å². The molecule has 1 aliphatic carbocycles. The molecule has 0 saturated heterocycles. The highest BCUT2D eigenvalue weighted by molar-refractivity contribution is 6.08. The molecule has 3 heteroatoms. The van der Waals surface area contributed by atoms with Crippen LogP contribution in [0.3, 0.4) is 0 Å². The lowest BCUT2D eigenvalue weighted by molar-refractivity contribution is -0.138. The summed E-state index contributed by atoms with van der Waals surface area (Å²) in [6.45, 7) is 2.81. The van der Waals surface area contributed by atoms with E-state index >= 15 is 0 Å². The molecule has 0 radical (unpaired) electrons. The Balaban J connectivity index is 1.95. The number of aromatic nitrogens is 1. The molecule has 1 aliphatic rings. The fourth-order valence-corrected chi connectivity index (χ4v) is 3.24. The first-order valence-corrected chi connectivity index (χ1v) is 7.89. The van der Waals surface area contributed by atoms with E-state index in [2.05, 4.69) is 41.0 Å². The average Bonchev–Trinajstić information content (AvgIpc) is 3.30. The third-order valence-corrected chi connectivity index (χ3v) is 4.80. The summed E-state index contributed by atoms with van der Waals surface area (Å²) in [5.41, 5.74) is 3.34. The number of carboxylic acids is 1. The van der Waals surface area contributed by atoms with Gasteiger partial charge in [0.15, 0.2) is 0 Å². The number of rotatable bonds is 4. The Bertz CT molecular complexity index is 874. The summed E-state index contributed by atoms with van der Waals surface area (Å²) in [6.07, 6.45) is 2.64. The van der Waals surface area contributed by atoms with Crippen LogP contribution in [0.5, 0.6) is 0 Å². The number of hydrogen-bond donors (Lipinski definition) is 1. The molecule has 0 bridgehead atoms. The monoisotopic (exact) mass is 293 g/mol. The fourth-order valence-electron chi connectivity index (χ4n) is 3.24. The summed E-state index contributed by atoms with van der Waals surface area (Å²) in [5, 5.41) is 11.6. The molecule has 4 rings (SSSR count). The second-order valence-corrected chi connectivity index (χ2v) is 6.41. The number of aliphatic carboxylic acids is 1. The van der Waals surface area contributed by atoms with Gasteiger partial charge in [-0.2, -0.15) is 0 Å². The zero-order valence-corrected chi connectivity index (χ0v) is 12.6. The maximum absolute atomic E-state index is 11.3. The van der Waals surface area contributed by atoms with Crippen LogP contribution in [0.25, 0.3) is 21.8 Å². The maximum Gasteiger partial charge on any atom is 0.310 e. The van der Waals surface area contributed by atoms with Gasteiger partial charge in [-0.3, -0.25) is 4.79 Å². The van der Waals surface area contributed by atoms with Gasteiger partial charge in [-0.1, -0.05) is 24.3 Å². The van der Waals surface area contributed by atoms with Crippen LogP contribution in [-0.2, 0) is 11.3 Å². The Morgan fingerprint density at radius 2 is 1.91 bits per heavy atom. The molecule has 3 aromatic rings. The topological polar surface area (TPSA) is 42.2 Å². The molecule has 0 spiro atoms. The summed E-state index contributed by atoms with van der Waals surface area (Å²) >= 11 is 0. The first-order valence-electron chi connectivity index (χ1n) is 7.89. The van der Waals surface area contributed by atoms with Crippen LogP contribution in [0, 0.1) is 5.92 Å².